The number of hydrogen-bond donors (Lipinski definition) is 4. The summed E-state index contributed by atoms with van der Waals surface area (Å²) >= 11 is 0. The van der Waals surface area contributed by atoms with Gasteiger partial charge in [-0.05, 0) is 125 Å². The van der Waals surface area contributed by atoms with Gasteiger partial charge in [0.05, 0.1) is 13.2 Å². The van der Waals surface area contributed by atoms with Gasteiger partial charge >= 0.3 is 0 Å². The lowest BCUT2D eigenvalue weighted by molar-refractivity contribution is 0.0990. The zero-order valence-corrected chi connectivity index (χ0v) is 26.0. The number of rotatable bonds is 18. The molecular weight excluding hydrogens is 484 g/mol. The van der Waals surface area contributed by atoms with E-state index in [4.69, 9.17) is 4.74 Å². The van der Waals surface area contributed by atoms with Gasteiger partial charge in [0, 0.05) is 12.1 Å². The summed E-state index contributed by atoms with van der Waals surface area (Å²) in [5.41, 5.74) is 6.70. The van der Waals surface area contributed by atoms with Crippen LogP contribution in [0, 0.1) is 13.8 Å². The molecule has 39 heavy (non-hydrogen) atoms. The third kappa shape index (κ3) is 10.8. The molecule has 0 aliphatic rings. The maximum absolute atomic E-state index is 10.5. The zero-order chi connectivity index (χ0) is 28.9. The van der Waals surface area contributed by atoms with Crippen molar-refractivity contribution >= 4 is 0 Å². The van der Waals surface area contributed by atoms with E-state index in [1.807, 2.05) is 26.0 Å². The Morgan fingerprint density at radius 3 is 1.36 bits per heavy atom. The number of phenols is 2. The van der Waals surface area contributed by atoms with Crippen LogP contribution < -0.4 is 10.6 Å². The van der Waals surface area contributed by atoms with E-state index in [1.165, 1.54) is 11.1 Å². The quantitative estimate of drug-likeness (QED) is 0.150. The lowest BCUT2D eigenvalue weighted by Gasteiger charge is -2.19. The maximum atomic E-state index is 10.5. The van der Waals surface area contributed by atoms with E-state index in [1.54, 1.807) is 0 Å². The Balaban J connectivity index is 1.57. The normalized spacial score (nSPS) is 13.4. The largest absolute Gasteiger partial charge is 0.507 e. The first-order chi connectivity index (χ1) is 18.5. The summed E-state index contributed by atoms with van der Waals surface area (Å²) in [5, 5.41) is 28.2. The molecule has 2 rings (SSSR count). The molecule has 0 fully saturated rings. The molecule has 4 N–H and O–H groups in total. The topological polar surface area (TPSA) is 73.8 Å². The second kappa shape index (κ2) is 16.9. The van der Waals surface area contributed by atoms with Crippen LogP contribution in [0.3, 0.4) is 0 Å². The maximum Gasteiger partial charge on any atom is 0.121 e. The lowest BCUT2D eigenvalue weighted by Crippen LogP contribution is -2.35. The first kappa shape index (κ1) is 33.1. The van der Waals surface area contributed by atoms with Gasteiger partial charge in [-0.1, -0.05) is 52.0 Å². The highest BCUT2D eigenvalue weighted by Gasteiger charge is 2.14. The molecule has 2 atom stereocenters. The van der Waals surface area contributed by atoms with E-state index in [2.05, 4.69) is 64.3 Å². The van der Waals surface area contributed by atoms with Crippen molar-refractivity contribution in [1.29, 1.82) is 0 Å². The second-order valence-electron chi connectivity index (χ2n) is 12.1. The number of unbranched alkanes of at least 4 members (excludes halogenated alkanes) is 2. The first-order valence-electron chi connectivity index (χ1n) is 15.2. The average molecular weight is 541 g/mol. The fourth-order valence-corrected chi connectivity index (χ4v) is 5.24. The Labute approximate surface area is 238 Å². The van der Waals surface area contributed by atoms with Crippen molar-refractivity contribution in [2.24, 2.45) is 0 Å². The Bertz CT molecular complexity index is 923. The number of aromatic hydroxyl groups is 2. The standard InChI is InChI=1S/C34H56N2O3/c1-23(2)29-17-15-25(5)33(37)31(29)13-9-11-19-35-27(7)21-39-22-28(8)36-20-12-10-14-32-30(24(3)4)18-16-26(6)34(32)38/h15-18,23-24,27-28,35-38H,9-14,19-22H2,1-8H3. The Morgan fingerprint density at radius 2 is 1.00 bits per heavy atom. The summed E-state index contributed by atoms with van der Waals surface area (Å²) in [6.45, 7) is 20.4. The summed E-state index contributed by atoms with van der Waals surface area (Å²) in [4.78, 5) is 0. The molecule has 0 saturated heterocycles. The van der Waals surface area contributed by atoms with Gasteiger partial charge in [-0.15, -0.1) is 0 Å². The van der Waals surface area contributed by atoms with Gasteiger partial charge < -0.3 is 25.6 Å². The van der Waals surface area contributed by atoms with Crippen LogP contribution in [-0.4, -0.2) is 48.6 Å². The summed E-state index contributed by atoms with van der Waals surface area (Å²) in [6.07, 6.45) is 6.10. The molecule has 0 aliphatic carbocycles. The Kier molecular flexibility index (Phi) is 14.3. The van der Waals surface area contributed by atoms with Gasteiger partial charge in [-0.25, -0.2) is 0 Å². The van der Waals surface area contributed by atoms with Gasteiger partial charge in [-0.2, -0.15) is 0 Å². The predicted molar refractivity (Wildman–Crippen MR) is 165 cm³/mol. The van der Waals surface area contributed by atoms with Crippen LogP contribution >= 0.6 is 0 Å². The minimum absolute atomic E-state index is 0.313. The lowest BCUT2D eigenvalue weighted by atomic mass is 9.91. The minimum atomic E-state index is 0.313. The van der Waals surface area contributed by atoms with E-state index in [9.17, 15) is 10.2 Å². The fraction of sp³-hybridized carbons (Fsp3) is 0.647. The number of aryl methyl sites for hydroxylation is 2. The van der Waals surface area contributed by atoms with Crippen LogP contribution in [0.4, 0.5) is 0 Å². The van der Waals surface area contributed by atoms with Crippen molar-refractivity contribution in [3.63, 3.8) is 0 Å². The monoisotopic (exact) mass is 540 g/mol. The van der Waals surface area contributed by atoms with Crippen LogP contribution in [0.5, 0.6) is 11.5 Å². The van der Waals surface area contributed by atoms with Crippen molar-refractivity contribution < 1.29 is 14.9 Å². The van der Waals surface area contributed by atoms with Crippen LogP contribution in [0.1, 0.15) is 112 Å². The molecule has 0 heterocycles. The first-order valence-corrected chi connectivity index (χ1v) is 15.2. The van der Waals surface area contributed by atoms with Gasteiger partial charge in [0.15, 0.2) is 0 Å². The summed E-state index contributed by atoms with van der Waals surface area (Å²) < 4.78 is 5.96. The third-order valence-corrected chi connectivity index (χ3v) is 7.71. The van der Waals surface area contributed by atoms with Crippen LogP contribution in [0.2, 0.25) is 0 Å². The summed E-state index contributed by atoms with van der Waals surface area (Å²) in [5.74, 6) is 1.79. The third-order valence-electron chi connectivity index (χ3n) is 7.71. The molecule has 0 spiro atoms. The number of benzene rings is 2. The number of nitrogens with one attached hydrogen (secondary N) is 2. The molecule has 2 aromatic carbocycles. The molecule has 0 amide bonds. The molecule has 5 heteroatoms. The van der Waals surface area contributed by atoms with Crippen molar-refractivity contribution in [1.82, 2.24) is 10.6 Å². The van der Waals surface area contributed by atoms with Gasteiger partial charge in [0.2, 0.25) is 0 Å². The molecule has 0 saturated carbocycles. The van der Waals surface area contributed by atoms with Gasteiger partial charge in [-0.3, -0.25) is 0 Å². The van der Waals surface area contributed by atoms with Gasteiger partial charge in [0.1, 0.15) is 11.5 Å². The van der Waals surface area contributed by atoms with E-state index >= 15 is 0 Å². The van der Waals surface area contributed by atoms with E-state index < -0.39 is 0 Å². The SMILES string of the molecule is Cc1ccc(C(C)C)c(CCCCNC(C)COCC(C)NCCCCc2c(C(C)C)ccc(C)c2O)c1O. The van der Waals surface area contributed by atoms with Crippen molar-refractivity contribution in [2.75, 3.05) is 26.3 Å². The predicted octanol–water partition coefficient (Wildman–Crippen LogP) is 7.28. The number of phenolic OH excluding ortho intramolecular Hbond substituents is 2. The second-order valence-corrected chi connectivity index (χ2v) is 12.1. The molecule has 0 aromatic heterocycles. The van der Waals surface area contributed by atoms with Crippen LogP contribution in [-0.2, 0) is 17.6 Å². The fourth-order valence-electron chi connectivity index (χ4n) is 5.24. The van der Waals surface area contributed by atoms with Crippen molar-refractivity contribution in [3.8, 4) is 11.5 Å². The van der Waals surface area contributed by atoms with E-state index in [0.29, 0.717) is 48.6 Å². The van der Waals surface area contributed by atoms with E-state index in [0.717, 1.165) is 73.9 Å². The molecule has 2 unspecified atom stereocenters. The Morgan fingerprint density at radius 1 is 0.615 bits per heavy atom. The molecule has 2 aromatic rings. The molecule has 5 nitrogen and oxygen atoms in total. The molecule has 0 bridgehead atoms. The zero-order valence-electron chi connectivity index (χ0n) is 26.0. The smallest absolute Gasteiger partial charge is 0.121 e. The number of ether oxygens (including phenoxy) is 1. The molecule has 0 radical (unpaired) electrons. The Hall–Kier alpha value is -2.08. The highest BCUT2D eigenvalue weighted by molar-refractivity contribution is 5.47. The van der Waals surface area contributed by atoms with Gasteiger partial charge in [0.25, 0.3) is 0 Å². The number of hydrogen-bond acceptors (Lipinski definition) is 5. The van der Waals surface area contributed by atoms with E-state index in [-0.39, 0.29) is 0 Å². The minimum Gasteiger partial charge on any atom is -0.507 e. The molecule has 0 aliphatic heterocycles. The van der Waals surface area contributed by atoms with Crippen molar-refractivity contribution in [3.05, 3.63) is 57.6 Å². The van der Waals surface area contributed by atoms with Crippen LogP contribution in [0.15, 0.2) is 24.3 Å². The molecular formula is C34H56N2O3. The van der Waals surface area contributed by atoms with Crippen molar-refractivity contribution in [2.45, 2.75) is 118 Å². The van der Waals surface area contributed by atoms with Crippen LogP contribution in [0.25, 0.3) is 0 Å². The average Bonchev–Trinajstić information content (AvgIpc) is 2.88. The summed E-state index contributed by atoms with van der Waals surface area (Å²) in [7, 11) is 0. The molecule has 220 valence electrons. The highest BCUT2D eigenvalue weighted by atomic mass is 16.5. The highest BCUT2D eigenvalue weighted by Crippen LogP contribution is 2.32. The summed E-state index contributed by atoms with van der Waals surface area (Å²) in [6, 6.07) is 9.01.